The number of aliphatic hydroxyl groups is 1. The quantitative estimate of drug-likeness (QED) is 0.433. The molecule has 3 aromatic rings. The monoisotopic (exact) mass is 608 g/mol. The maximum Gasteiger partial charge on any atom is 0.274 e. The molecule has 4 aliphatic rings. The highest BCUT2D eigenvalue weighted by molar-refractivity contribution is 6.11. The van der Waals surface area contributed by atoms with E-state index in [0.29, 0.717) is 67.7 Å². The maximum atomic E-state index is 13.3. The van der Waals surface area contributed by atoms with E-state index >= 15 is 0 Å². The highest BCUT2D eigenvalue weighted by atomic mass is 16.5. The molecule has 45 heavy (non-hydrogen) atoms. The SMILES string of the molecule is Cn1cc(-c2cccc(N3C=C4C(=O)C5=C(CCCC5)N4CC3)c2CO)cc(Nc2ccc(C(=O)N3CCOCC3)cn2)c1=O. The Balaban J connectivity index is 1.16. The van der Waals surface area contributed by atoms with E-state index in [2.05, 4.69) is 20.1 Å². The van der Waals surface area contributed by atoms with Gasteiger partial charge in [0.2, 0.25) is 5.78 Å². The van der Waals surface area contributed by atoms with E-state index in [9.17, 15) is 19.5 Å². The zero-order valence-corrected chi connectivity index (χ0v) is 25.3. The molecule has 5 heterocycles. The van der Waals surface area contributed by atoms with Crippen LogP contribution in [0.2, 0.25) is 0 Å². The fourth-order valence-electron chi connectivity index (χ4n) is 6.76. The molecule has 1 saturated heterocycles. The van der Waals surface area contributed by atoms with Crippen LogP contribution in [0.5, 0.6) is 0 Å². The fraction of sp³-hybridized carbons (Fsp3) is 0.353. The summed E-state index contributed by atoms with van der Waals surface area (Å²) < 4.78 is 6.83. The van der Waals surface area contributed by atoms with Crippen molar-refractivity contribution in [2.45, 2.75) is 32.3 Å². The molecule has 11 heteroatoms. The van der Waals surface area contributed by atoms with E-state index in [-0.39, 0.29) is 23.9 Å². The van der Waals surface area contributed by atoms with Gasteiger partial charge in [-0.05, 0) is 55.5 Å². The second kappa shape index (κ2) is 12.0. The predicted octanol–water partition coefficient (Wildman–Crippen LogP) is 3.53. The number of hydrogen-bond donors (Lipinski definition) is 2. The number of carbonyl (C=O) groups is 2. The highest BCUT2D eigenvalue weighted by Crippen LogP contribution is 2.41. The summed E-state index contributed by atoms with van der Waals surface area (Å²) in [5, 5.41) is 13.7. The van der Waals surface area contributed by atoms with E-state index in [1.807, 2.05) is 24.4 Å². The number of pyridine rings is 2. The molecule has 11 nitrogen and oxygen atoms in total. The molecule has 0 radical (unpaired) electrons. The van der Waals surface area contributed by atoms with Crippen molar-refractivity contribution >= 4 is 28.9 Å². The number of ketones is 1. The lowest BCUT2D eigenvalue weighted by molar-refractivity contribution is -0.112. The Morgan fingerprint density at radius 1 is 1.04 bits per heavy atom. The molecule has 232 valence electrons. The Bertz CT molecular complexity index is 1790. The number of anilines is 3. The summed E-state index contributed by atoms with van der Waals surface area (Å²) in [6.45, 7) is 3.30. The lowest BCUT2D eigenvalue weighted by atomic mass is 9.96. The number of aryl methyl sites for hydroxylation is 1. The summed E-state index contributed by atoms with van der Waals surface area (Å²) in [5.41, 5.74) is 6.45. The average Bonchev–Trinajstić information content (AvgIpc) is 3.37. The summed E-state index contributed by atoms with van der Waals surface area (Å²) in [4.78, 5) is 49.6. The number of morpholine rings is 1. The minimum absolute atomic E-state index is 0.100. The topological polar surface area (TPSA) is 120 Å². The van der Waals surface area contributed by atoms with Crippen molar-refractivity contribution in [2.75, 3.05) is 49.6 Å². The molecule has 2 aromatic heterocycles. The van der Waals surface area contributed by atoms with Crippen molar-refractivity contribution < 1.29 is 19.4 Å². The Morgan fingerprint density at radius 2 is 1.87 bits per heavy atom. The van der Waals surface area contributed by atoms with E-state index < -0.39 is 0 Å². The molecule has 1 fully saturated rings. The molecular weight excluding hydrogens is 572 g/mol. The van der Waals surface area contributed by atoms with Crippen LogP contribution in [0.1, 0.15) is 41.6 Å². The number of allylic oxidation sites excluding steroid dienone is 2. The second-order valence-corrected chi connectivity index (χ2v) is 11.8. The number of amides is 1. The first-order valence-electron chi connectivity index (χ1n) is 15.5. The van der Waals surface area contributed by atoms with Crippen LogP contribution >= 0.6 is 0 Å². The maximum absolute atomic E-state index is 13.3. The van der Waals surface area contributed by atoms with Gasteiger partial charge in [0.05, 0.1) is 25.4 Å². The predicted molar refractivity (Wildman–Crippen MR) is 170 cm³/mol. The smallest absolute Gasteiger partial charge is 0.274 e. The van der Waals surface area contributed by atoms with Crippen molar-refractivity contribution in [3.05, 3.63) is 93.4 Å². The number of hydrogen-bond acceptors (Lipinski definition) is 9. The van der Waals surface area contributed by atoms with Crippen LogP contribution in [0.15, 0.2) is 76.8 Å². The summed E-state index contributed by atoms with van der Waals surface area (Å²) >= 11 is 0. The van der Waals surface area contributed by atoms with Crippen LogP contribution in [0.3, 0.4) is 0 Å². The molecule has 0 saturated carbocycles. The number of nitrogens with one attached hydrogen (secondary N) is 1. The van der Waals surface area contributed by atoms with Gasteiger partial charge in [0.1, 0.15) is 17.2 Å². The number of benzene rings is 1. The van der Waals surface area contributed by atoms with Crippen LogP contribution in [-0.2, 0) is 23.2 Å². The minimum atomic E-state index is -0.243. The lowest BCUT2D eigenvalue weighted by Crippen LogP contribution is -2.40. The van der Waals surface area contributed by atoms with Gasteiger partial charge in [0.15, 0.2) is 0 Å². The molecule has 0 unspecified atom stereocenters. The van der Waals surface area contributed by atoms with Gasteiger partial charge in [-0.2, -0.15) is 0 Å². The van der Waals surface area contributed by atoms with Crippen LogP contribution in [0.4, 0.5) is 17.2 Å². The number of ether oxygens (including phenoxy) is 1. The first-order chi connectivity index (χ1) is 21.9. The summed E-state index contributed by atoms with van der Waals surface area (Å²) in [7, 11) is 1.68. The van der Waals surface area contributed by atoms with E-state index in [0.717, 1.165) is 48.1 Å². The number of carbonyl (C=O) groups excluding carboxylic acids is 2. The Morgan fingerprint density at radius 3 is 2.64 bits per heavy atom. The van der Waals surface area contributed by atoms with Gasteiger partial charge in [0.25, 0.3) is 11.5 Å². The molecule has 0 spiro atoms. The van der Waals surface area contributed by atoms with Crippen LogP contribution < -0.4 is 15.8 Å². The van der Waals surface area contributed by atoms with Crippen molar-refractivity contribution in [1.82, 2.24) is 19.4 Å². The Kier molecular flexibility index (Phi) is 7.72. The number of aliphatic hydroxyl groups excluding tert-OH is 1. The van der Waals surface area contributed by atoms with Gasteiger partial charge < -0.3 is 34.4 Å². The van der Waals surface area contributed by atoms with E-state index in [1.165, 1.54) is 16.5 Å². The summed E-state index contributed by atoms with van der Waals surface area (Å²) in [6.07, 6.45) is 9.14. The van der Waals surface area contributed by atoms with Crippen LogP contribution in [0, 0.1) is 0 Å². The first-order valence-corrected chi connectivity index (χ1v) is 15.5. The van der Waals surface area contributed by atoms with E-state index in [1.54, 1.807) is 36.3 Å². The van der Waals surface area contributed by atoms with Gasteiger partial charge >= 0.3 is 0 Å². The zero-order chi connectivity index (χ0) is 31.1. The fourth-order valence-corrected chi connectivity index (χ4v) is 6.76. The standard InChI is InChI=1S/C34H36N6O5/c1-37-19-23(17-27(34(37)44)36-31-10-9-22(18-35-31)33(43)38-13-15-45-16-14-38)24-6-4-8-28(26(24)21-41)39-11-12-40-29-7-3-2-5-25(29)32(42)30(40)20-39/h4,6,8-10,17-20,41H,2-3,5,7,11-16,21H2,1H3,(H,35,36). The average molecular weight is 609 g/mol. The van der Waals surface area contributed by atoms with Crippen molar-refractivity contribution in [3.8, 4) is 11.1 Å². The van der Waals surface area contributed by atoms with Crippen LogP contribution in [0.25, 0.3) is 11.1 Å². The molecule has 3 aliphatic heterocycles. The van der Waals surface area contributed by atoms with E-state index in [4.69, 9.17) is 4.74 Å². The minimum Gasteiger partial charge on any atom is -0.392 e. The largest absolute Gasteiger partial charge is 0.392 e. The molecule has 0 bridgehead atoms. The van der Waals surface area contributed by atoms with Gasteiger partial charge in [-0.15, -0.1) is 0 Å². The van der Waals surface area contributed by atoms with Crippen molar-refractivity contribution in [2.24, 2.45) is 7.05 Å². The number of nitrogens with zero attached hydrogens (tertiary/aromatic N) is 5. The Hall–Kier alpha value is -4.74. The van der Waals surface area contributed by atoms with Gasteiger partial charge in [0, 0.05) is 79.9 Å². The highest BCUT2D eigenvalue weighted by Gasteiger charge is 2.38. The van der Waals surface area contributed by atoms with Gasteiger partial charge in [-0.1, -0.05) is 12.1 Å². The Labute approximate surface area is 261 Å². The van der Waals surface area contributed by atoms with Crippen LogP contribution in [-0.4, -0.2) is 75.5 Å². The third-order valence-corrected chi connectivity index (χ3v) is 9.09. The van der Waals surface area contributed by atoms with Crippen molar-refractivity contribution in [1.29, 1.82) is 0 Å². The second-order valence-electron chi connectivity index (χ2n) is 11.8. The number of rotatable bonds is 6. The summed E-state index contributed by atoms with van der Waals surface area (Å²) in [6, 6.07) is 10.9. The zero-order valence-electron chi connectivity index (χ0n) is 25.3. The molecule has 1 amide bonds. The van der Waals surface area contributed by atoms with Gasteiger partial charge in [-0.3, -0.25) is 14.4 Å². The van der Waals surface area contributed by atoms with Gasteiger partial charge in [-0.25, -0.2) is 4.98 Å². The molecule has 2 N–H and O–H groups in total. The normalized spacial score (nSPS) is 18.1. The number of fused-ring (bicyclic) bond motifs is 2. The third kappa shape index (κ3) is 5.32. The lowest BCUT2D eigenvalue weighted by Gasteiger charge is -2.35. The molecule has 7 rings (SSSR count). The number of Topliss-reactive ketones (excluding diaryl/α,β-unsaturated/α-hetero) is 1. The molecule has 1 aliphatic carbocycles. The molecular formula is C34H36N6O5. The number of aromatic nitrogens is 2. The van der Waals surface area contributed by atoms with Crippen molar-refractivity contribution in [3.63, 3.8) is 0 Å². The third-order valence-electron chi connectivity index (χ3n) is 9.09. The summed E-state index contributed by atoms with van der Waals surface area (Å²) in [5.74, 6) is 0.454. The molecule has 0 atom stereocenters. The first kappa shape index (κ1) is 29.0. The molecule has 1 aromatic carbocycles.